The standard InChI is InChI=1S/C8H14N2/c1-4-8(5-9)6-10-7(2)3/h4,7,10H,6H2,1-3H3/b8-4-. The third-order valence-corrected chi connectivity index (χ3v) is 1.19. The second-order valence-corrected chi connectivity index (χ2v) is 2.46. The zero-order valence-electron chi connectivity index (χ0n) is 6.81. The predicted octanol–water partition coefficient (Wildman–Crippen LogP) is 1.45. The van der Waals surface area contributed by atoms with Crippen molar-refractivity contribution in [1.29, 1.82) is 5.26 Å². The van der Waals surface area contributed by atoms with Crippen LogP contribution >= 0.6 is 0 Å². The fourth-order valence-corrected chi connectivity index (χ4v) is 0.520. The predicted molar refractivity (Wildman–Crippen MR) is 42.5 cm³/mol. The van der Waals surface area contributed by atoms with E-state index in [-0.39, 0.29) is 0 Å². The van der Waals surface area contributed by atoms with Gasteiger partial charge >= 0.3 is 0 Å². The molecule has 0 spiro atoms. The lowest BCUT2D eigenvalue weighted by Crippen LogP contribution is -2.24. The minimum Gasteiger partial charge on any atom is -0.310 e. The van der Waals surface area contributed by atoms with Gasteiger partial charge in [-0.1, -0.05) is 19.9 Å². The largest absolute Gasteiger partial charge is 0.310 e. The van der Waals surface area contributed by atoms with Crippen LogP contribution in [0.3, 0.4) is 0 Å². The van der Waals surface area contributed by atoms with Crippen LogP contribution in [0.1, 0.15) is 20.8 Å². The molecule has 0 aromatic rings. The summed E-state index contributed by atoms with van der Waals surface area (Å²) in [6, 6.07) is 2.55. The Kier molecular flexibility index (Phi) is 4.61. The van der Waals surface area contributed by atoms with Gasteiger partial charge in [-0.2, -0.15) is 5.26 Å². The summed E-state index contributed by atoms with van der Waals surface area (Å²) >= 11 is 0. The lowest BCUT2D eigenvalue weighted by Gasteiger charge is -2.05. The highest BCUT2D eigenvalue weighted by atomic mass is 14.9. The molecule has 0 bridgehead atoms. The van der Waals surface area contributed by atoms with Crippen LogP contribution in [0.4, 0.5) is 0 Å². The molecule has 2 heteroatoms. The second kappa shape index (κ2) is 5.01. The van der Waals surface area contributed by atoms with Crippen molar-refractivity contribution in [2.75, 3.05) is 6.54 Å². The highest BCUT2D eigenvalue weighted by Crippen LogP contribution is 1.89. The van der Waals surface area contributed by atoms with E-state index in [9.17, 15) is 0 Å². The Morgan fingerprint density at radius 1 is 1.70 bits per heavy atom. The normalized spacial score (nSPS) is 11.7. The summed E-state index contributed by atoms with van der Waals surface area (Å²) in [5.74, 6) is 0. The molecule has 0 aliphatic carbocycles. The molecule has 0 saturated carbocycles. The lowest BCUT2D eigenvalue weighted by atomic mass is 10.2. The lowest BCUT2D eigenvalue weighted by molar-refractivity contribution is 0.626. The van der Waals surface area contributed by atoms with E-state index in [1.807, 2.05) is 13.0 Å². The number of hydrogen-bond donors (Lipinski definition) is 1. The van der Waals surface area contributed by atoms with E-state index in [1.54, 1.807) is 0 Å². The fraction of sp³-hybridized carbons (Fsp3) is 0.625. The van der Waals surface area contributed by atoms with E-state index in [0.717, 1.165) is 5.57 Å². The summed E-state index contributed by atoms with van der Waals surface area (Å²) < 4.78 is 0. The first-order chi connectivity index (χ1) is 4.70. The van der Waals surface area contributed by atoms with Crippen LogP contribution in [0.2, 0.25) is 0 Å². The molecule has 56 valence electrons. The smallest absolute Gasteiger partial charge is 0.0957 e. The number of hydrogen-bond acceptors (Lipinski definition) is 2. The highest BCUT2D eigenvalue weighted by Gasteiger charge is 1.94. The molecule has 0 radical (unpaired) electrons. The van der Waals surface area contributed by atoms with Gasteiger partial charge in [0.05, 0.1) is 6.07 Å². The van der Waals surface area contributed by atoms with Gasteiger partial charge in [0.2, 0.25) is 0 Å². The van der Waals surface area contributed by atoms with Crippen LogP contribution in [0.15, 0.2) is 11.6 Å². The molecular formula is C8H14N2. The van der Waals surface area contributed by atoms with Crippen LogP contribution < -0.4 is 5.32 Å². The Bertz CT molecular complexity index is 151. The Morgan fingerprint density at radius 3 is 2.60 bits per heavy atom. The van der Waals surface area contributed by atoms with Gasteiger partial charge in [0, 0.05) is 18.2 Å². The molecule has 2 nitrogen and oxygen atoms in total. The Labute approximate surface area is 62.5 Å². The molecule has 0 aliphatic rings. The average molecular weight is 138 g/mol. The van der Waals surface area contributed by atoms with Crippen molar-refractivity contribution in [2.45, 2.75) is 26.8 Å². The van der Waals surface area contributed by atoms with Crippen LogP contribution in [0.5, 0.6) is 0 Å². The zero-order chi connectivity index (χ0) is 7.98. The highest BCUT2D eigenvalue weighted by molar-refractivity contribution is 5.21. The van der Waals surface area contributed by atoms with Gasteiger partial charge in [-0.25, -0.2) is 0 Å². The monoisotopic (exact) mass is 138 g/mol. The van der Waals surface area contributed by atoms with Crippen molar-refractivity contribution in [3.8, 4) is 6.07 Å². The SMILES string of the molecule is C/C=C(/C#N)CNC(C)C. The summed E-state index contributed by atoms with van der Waals surface area (Å²) in [5.41, 5.74) is 0.800. The molecule has 10 heavy (non-hydrogen) atoms. The van der Waals surface area contributed by atoms with E-state index in [4.69, 9.17) is 5.26 Å². The molecule has 0 fully saturated rings. The first kappa shape index (κ1) is 9.19. The molecule has 0 unspecified atom stereocenters. The Hall–Kier alpha value is -0.810. The van der Waals surface area contributed by atoms with Gasteiger partial charge in [0.15, 0.2) is 0 Å². The maximum absolute atomic E-state index is 8.48. The number of nitriles is 1. The van der Waals surface area contributed by atoms with E-state index in [0.29, 0.717) is 12.6 Å². The second-order valence-electron chi connectivity index (χ2n) is 2.46. The first-order valence-corrected chi connectivity index (χ1v) is 3.49. The van der Waals surface area contributed by atoms with Gasteiger partial charge in [-0.3, -0.25) is 0 Å². The van der Waals surface area contributed by atoms with E-state index in [2.05, 4.69) is 25.2 Å². The van der Waals surface area contributed by atoms with Gasteiger partial charge < -0.3 is 5.32 Å². The molecule has 1 N–H and O–H groups in total. The Morgan fingerprint density at radius 2 is 2.30 bits per heavy atom. The third kappa shape index (κ3) is 4.11. The maximum atomic E-state index is 8.48. The summed E-state index contributed by atoms with van der Waals surface area (Å²) in [6.07, 6.45) is 1.83. The van der Waals surface area contributed by atoms with E-state index >= 15 is 0 Å². The molecular weight excluding hydrogens is 124 g/mol. The van der Waals surface area contributed by atoms with Crippen LogP contribution in [-0.2, 0) is 0 Å². The van der Waals surface area contributed by atoms with E-state index in [1.165, 1.54) is 0 Å². The molecule has 0 aromatic carbocycles. The average Bonchev–Trinajstić information content (AvgIpc) is 1.90. The van der Waals surface area contributed by atoms with Crippen molar-refractivity contribution >= 4 is 0 Å². The Balaban J connectivity index is 3.60. The summed E-state index contributed by atoms with van der Waals surface area (Å²) in [5, 5.41) is 11.6. The molecule has 0 heterocycles. The topological polar surface area (TPSA) is 35.8 Å². The molecule has 0 amide bonds. The minimum atomic E-state index is 0.447. The molecule has 0 aromatic heterocycles. The summed E-state index contributed by atoms with van der Waals surface area (Å²) in [4.78, 5) is 0. The van der Waals surface area contributed by atoms with Crippen molar-refractivity contribution in [3.05, 3.63) is 11.6 Å². The van der Waals surface area contributed by atoms with Gasteiger partial charge in [0.1, 0.15) is 0 Å². The molecule has 0 aliphatic heterocycles. The van der Waals surface area contributed by atoms with Crippen molar-refractivity contribution in [3.63, 3.8) is 0 Å². The van der Waals surface area contributed by atoms with Gasteiger partial charge in [-0.15, -0.1) is 0 Å². The maximum Gasteiger partial charge on any atom is 0.0957 e. The van der Waals surface area contributed by atoms with Crippen molar-refractivity contribution in [2.24, 2.45) is 0 Å². The minimum absolute atomic E-state index is 0.447. The van der Waals surface area contributed by atoms with Crippen molar-refractivity contribution in [1.82, 2.24) is 5.32 Å². The quantitative estimate of drug-likeness (QED) is 0.599. The number of nitrogens with one attached hydrogen (secondary N) is 1. The fourth-order valence-electron chi connectivity index (χ4n) is 0.520. The van der Waals surface area contributed by atoms with Crippen LogP contribution in [0.25, 0.3) is 0 Å². The zero-order valence-corrected chi connectivity index (χ0v) is 6.81. The van der Waals surface area contributed by atoms with Crippen LogP contribution in [-0.4, -0.2) is 12.6 Å². The summed E-state index contributed by atoms with van der Waals surface area (Å²) in [7, 11) is 0. The number of allylic oxidation sites excluding steroid dienone is 1. The number of rotatable bonds is 3. The molecule has 0 rings (SSSR count). The molecule has 0 saturated heterocycles. The van der Waals surface area contributed by atoms with Gasteiger partial charge in [0.25, 0.3) is 0 Å². The van der Waals surface area contributed by atoms with Crippen LogP contribution in [0, 0.1) is 11.3 Å². The van der Waals surface area contributed by atoms with E-state index < -0.39 is 0 Å². The van der Waals surface area contributed by atoms with Gasteiger partial charge in [-0.05, 0) is 6.92 Å². The molecule has 0 atom stereocenters. The number of nitrogens with zero attached hydrogens (tertiary/aromatic N) is 1. The van der Waals surface area contributed by atoms with Crippen molar-refractivity contribution < 1.29 is 0 Å². The third-order valence-electron chi connectivity index (χ3n) is 1.19. The summed E-state index contributed by atoms with van der Waals surface area (Å²) in [6.45, 7) is 6.68. The first-order valence-electron chi connectivity index (χ1n) is 3.49.